The van der Waals surface area contributed by atoms with Gasteiger partial charge < -0.3 is 9.84 Å². The first kappa shape index (κ1) is 16.9. The van der Waals surface area contributed by atoms with E-state index in [2.05, 4.69) is 10.3 Å². The second kappa shape index (κ2) is 6.33. The zero-order valence-electron chi connectivity index (χ0n) is 12.7. The van der Waals surface area contributed by atoms with Crippen LogP contribution in [0.4, 0.5) is 14.9 Å². The predicted octanol–water partition coefficient (Wildman–Crippen LogP) is 3.99. The summed E-state index contributed by atoms with van der Waals surface area (Å²) in [6.07, 6.45) is -0.688. The maximum atomic E-state index is 14.2. The summed E-state index contributed by atoms with van der Waals surface area (Å²) in [7, 11) is 0. The minimum Gasteiger partial charge on any atom is -0.476 e. The number of ether oxygens (including phenoxy) is 1. The third-order valence-corrected chi connectivity index (χ3v) is 3.44. The summed E-state index contributed by atoms with van der Waals surface area (Å²) in [5.74, 6) is -1.79. The highest BCUT2D eigenvalue weighted by Crippen LogP contribution is 2.28. The van der Waals surface area contributed by atoms with Crippen LogP contribution in [0.25, 0.3) is 10.6 Å². The van der Waals surface area contributed by atoms with Gasteiger partial charge in [-0.15, -0.1) is 11.3 Å². The van der Waals surface area contributed by atoms with Gasteiger partial charge in [-0.2, -0.15) is 0 Å². The van der Waals surface area contributed by atoms with E-state index < -0.39 is 23.5 Å². The van der Waals surface area contributed by atoms with Gasteiger partial charge in [0.25, 0.3) is 0 Å². The van der Waals surface area contributed by atoms with Gasteiger partial charge in [-0.1, -0.05) is 0 Å². The monoisotopic (exact) mass is 338 g/mol. The highest BCUT2D eigenvalue weighted by molar-refractivity contribution is 7.13. The zero-order valence-corrected chi connectivity index (χ0v) is 13.5. The van der Waals surface area contributed by atoms with Gasteiger partial charge in [0.2, 0.25) is 0 Å². The Balaban J connectivity index is 2.17. The molecule has 0 fully saturated rings. The quantitative estimate of drug-likeness (QED) is 0.883. The van der Waals surface area contributed by atoms with Crippen molar-refractivity contribution in [3.05, 3.63) is 35.1 Å². The lowest BCUT2D eigenvalue weighted by molar-refractivity contribution is 0.0634. The number of anilines is 1. The molecule has 8 heteroatoms. The largest absolute Gasteiger partial charge is 0.476 e. The molecule has 1 heterocycles. The number of carboxylic acids is 1. The van der Waals surface area contributed by atoms with Crippen LogP contribution in [-0.4, -0.2) is 27.8 Å². The van der Waals surface area contributed by atoms with Crippen LogP contribution >= 0.6 is 11.3 Å². The molecule has 1 aromatic carbocycles. The molecule has 0 aliphatic rings. The first-order chi connectivity index (χ1) is 10.7. The van der Waals surface area contributed by atoms with Crippen molar-refractivity contribution in [1.82, 2.24) is 4.98 Å². The normalized spacial score (nSPS) is 11.1. The Bertz CT molecular complexity index is 752. The van der Waals surface area contributed by atoms with Gasteiger partial charge >= 0.3 is 12.1 Å². The molecule has 0 aliphatic carbocycles. The van der Waals surface area contributed by atoms with Crippen molar-refractivity contribution in [2.75, 3.05) is 5.32 Å². The molecular weight excluding hydrogens is 323 g/mol. The Morgan fingerprint density at radius 1 is 1.35 bits per heavy atom. The summed E-state index contributed by atoms with van der Waals surface area (Å²) in [4.78, 5) is 26.3. The first-order valence-corrected chi connectivity index (χ1v) is 7.52. The Kier molecular flexibility index (Phi) is 4.65. The Labute approximate surface area is 135 Å². The molecule has 0 saturated heterocycles. The van der Waals surface area contributed by atoms with E-state index in [1.807, 2.05) is 0 Å². The number of carbonyl (C=O) groups excluding carboxylic acids is 1. The molecule has 2 rings (SSSR count). The minimum absolute atomic E-state index is 0.139. The van der Waals surface area contributed by atoms with E-state index in [1.54, 1.807) is 20.8 Å². The van der Waals surface area contributed by atoms with Crippen LogP contribution in [0, 0.1) is 5.82 Å². The molecule has 2 aromatic rings. The number of hydrogen-bond donors (Lipinski definition) is 2. The molecule has 1 amide bonds. The molecule has 6 nitrogen and oxygen atoms in total. The number of nitrogens with one attached hydrogen (secondary N) is 1. The third kappa shape index (κ3) is 4.49. The second-order valence-corrected chi connectivity index (χ2v) is 6.52. The summed E-state index contributed by atoms with van der Waals surface area (Å²) in [6, 6.07) is 4.04. The van der Waals surface area contributed by atoms with Crippen LogP contribution in [0.2, 0.25) is 0 Å². The fraction of sp³-hybridized carbons (Fsp3) is 0.267. The van der Waals surface area contributed by atoms with E-state index in [0.717, 1.165) is 17.4 Å². The van der Waals surface area contributed by atoms with Crippen LogP contribution in [-0.2, 0) is 4.74 Å². The van der Waals surface area contributed by atoms with Crippen LogP contribution in [0.3, 0.4) is 0 Å². The van der Waals surface area contributed by atoms with E-state index in [0.29, 0.717) is 0 Å². The maximum absolute atomic E-state index is 14.2. The van der Waals surface area contributed by atoms with Crippen molar-refractivity contribution in [2.45, 2.75) is 26.4 Å². The average molecular weight is 338 g/mol. The van der Waals surface area contributed by atoms with E-state index in [4.69, 9.17) is 9.84 Å². The fourth-order valence-electron chi connectivity index (χ4n) is 1.68. The lowest BCUT2D eigenvalue weighted by Crippen LogP contribution is -2.27. The summed E-state index contributed by atoms with van der Waals surface area (Å²) >= 11 is 1.03. The van der Waals surface area contributed by atoms with Crippen LogP contribution in [0.15, 0.2) is 23.6 Å². The van der Waals surface area contributed by atoms with Crippen LogP contribution in [0.5, 0.6) is 0 Å². The molecule has 0 unspecified atom stereocenters. The zero-order chi connectivity index (χ0) is 17.2. The van der Waals surface area contributed by atoms with Gasteiger partial charge in [0.05, 0.1) is 0 Å². The van der Waals surface area contributed by atoms with Crippen molar-refractivity contribution < 1.29 is 23.8 Å². The molecule has 2 N–H and O–H groups in total. The standard InChI is InChI=1S/C15H15FN2O4S/c1-15(2,3)22-14(21)17-8-4-5-9(10(16)6-8)12-18-11(7-23-12)13(19)20/h4-7H,1-3H3,(H,17,21)(H,19,20). The molecule has 122 valence electrons. The Hall–Kier alpha value is -2.48. The molecule has 0 aliphatic heterocycles. The lowest BCUT2D eigenvalue weighted by atomic mass is 10.2. The molecule has 1 aromatic heterocycles. The number of thiazole rings is 1. The van der Waals surface area contributed by atoms with Crippen LogP contribution < -0.4 is 5.32 Å². The number of amides is 1. The average Bonchev–Trinajstić information content (AvgIpc) is 2.85. The number of hydrogen-bond acceptors (Lipinski definition) is 5. The summed E-state index contributed by atoms with van der Waals surface area (Å²) in [6.45, 7) is 5.16. The highest BCUT2D eigenvalue weighted by atomic mass is 32.1. The molecule has 0 radical (unpaired) electrons. The van der Waals surface area contributed by atoms with Crippen molar-refractivity contribution in [1.29, 1.82) is 0 Å². The summed E-state index contributed by atoms with van der Waals surface area (Å²) in [5.41, 5.74) is -0.399. The van der Waals surface area contributed by atoms with E-state index in [1.165, 1.54) is 17.5 Å². The van der Waals surface area contributed by atoms with E-state index in [-0.39, 0.29) is 22.0 Å². The summed E-state index contributed by atoms with van der Waals surface area (Å²) in [5, 5.41) is 12.9. The number of rotatable bonds is 3. The second-order valence-electron chi connectivity index (χ2n) is 5.66. The van der Waals surface area contributed by atoms with Crippen molar-refractivity contribution in [3.63, 3.8) is 0 Å². The van der Waals surface area contributed by atoms with E-state index >= 15 is 0 Å². The van der Waals surface area contributed by atoms with E-state index in [9.17, 15) is 14.0 Å². The van der Waals surface area contributed by atoms with Gasteiger partial charge in [-0.25, -0.2) is 19.0 Å². The number of halogens is 1. The van der Waals surface area contributed by atoms with Crippen molar-refractivity contribution >= 4 is 29.1 Å². The first-order valence-electron chi connectivity index (χ1n) is 6.64. The Morgan fingerprint density at radius 3 is 2.57 bits per heavy atom. The van der Waals surface area contributed by atoms with Crippen molar-refractivity contribution in [3.8, 4) is 10.6 Å². The van der Waals surface area contributed by atoms with Gasteiger partial charge in [0, 0.05) is 16.6 Å². The molecule has 0 atom stereocenters. The molecule has 0 bridgehead atoms. The minimum atomic E-state index is -1.17. The van der Waals surface area contributed by atoms with Gasteiger partial charge in [-0.05, 0) is 39.0 Å². The smallest absolute Gasteiger partial charge is 0.412 e. The number of carbonyl (C=O) groups is 2. The molecule has 0 spiro atoms. The van der Waals surface area contributed by atoms with Gasteiger partial charge in [-0.3, -0.25) is 5.32 Å². The van der Waals surface area contributed by atoms with Crippen LogP contribution in [0.1, 0.15) is 31.3 Å². The number of nitrogens with zero attached hydrogens (tertiary/aromatic N) is 1. The van der Waals surface area contributed by atoms with Gasteiger partial charge in [0.1, 0.15) is 16.4 Å². The predicted molar refractivity (Wildman–Crippen MR) is 84.3 cm³/mol. The molecular formula is C15H15FN2O4S. The van der Waals surface area contributed by atoms with Crippen molar-refractivity contribution in [2.24, 2.45) is 0 Å². The number of aromatic nitrogens is 1. The highest BCUT2D eigenvalue weighted by Gasteiger charge is 2.17. The molecule has 23 heavy (non-hydrogen) atoms. The maximum Gasteiger partial charge on any atom is 0.412 e. The number of benzene rings is 1. The summed E-state index contributed by atoms with van der Waals surface area (Å²) < 4.78 is 19.2. The number of aromatic carboxylic acids is 1. The third-order valence-electron chi connectivity index (χ3n) is 2.57. The fourth-order valence-corrected chi connectivity index (χ4v) is 2.50. The molecule has 0 saturated carbocycles. The number of carboxylic acid groups (broad SMARTS) is 1. The lowest BCUT2D eigenvalue weighted by Gasteiger charge is -2.19. The topological polar surface area (TPSA) is 88.5 Å². The van der Waals surface area contributed by atoms with Gasteiger partial charge in [0.15, 0.2) is 5.69 Å². The SMILES string of the molecule is CC(C)(C)OC(=O)Nc1ccc(-c2nc(C(=O)O)cs2)c(F)c1. The Morgan fingerprint density at radius 2 is 2.04 bits per heavy atom.